The molecule has 2 aromatic carbocycles. The quantitative estimate of drug-likeness (QED) is 0.402. The number of hydrogen-bond acceptors (Lipinski definition) is 2. The molecule has 162 valence electrons. The minimum Gasteiger partial charge on any atom is -0.360 e. The summed E-state index contributed by atoms with van der Waals surface area (Å²) >= 11 is 0. The topological polar surface area (TPSA) is 31.9 Å². The average Bonchev–Trinajstić information content (AvgIpc) is 3.50. The van der Waals surface area contributed by atoms with Gasteiger partial charge < -0.3 is 4.98 Å². The van der Waals surface area contributed by atoms with Gasteiger partial charge in [0.05, 0.1) is 5.69 Å². The first-order valence-electron chi connectivity index (χ1n) is 11.4. The molecule has 0 bridgehead atoms. The van der Waals surface area contributed by atoms with Crippen LogP contribution in [-0.2, 0) is 0 Å². The molecular formula is C29H24FN3. The minimum atomic E-state index is -0.228. The highest BCUT2D eigenvalue weighted by Gasteiger charge is 2.29. The van der Waals surface area contributed by atoms with Gasteiger partial charge in [-0.25, -0.2) is 4.39 Å². The molecule has 3 nitrogen and oxygen atoms in total. The smallest absolute Gasteiger partial charge is 0.123 e. The van der Waals surface area contributed by atoms with Gasteiger partial charge >= 0.3 is 0 Å². The van der Waals surface area contributed by atoms with Crippen molar-refractivity contribution >= 4 is 11.1 Å². The van der Waals surface area contributed by atoms with Crippen molar-refractivity contribution in [3.05, 3.63) is 114 Å². The molecule has 1 unspecified atom stereocenters. The highest BCUT2D eigenvalue weighted by atomic mass is 19.1. The summed E-state index contributed by atoms with van der Waals surface area (Å²) < 4.78 is 13.6. The zero-order valence-electron chi connectivity index (χ0n) is 18.2. The van der Waals surface area contributed by atoms with Gasteiger partial charge in [-0.05, 0) is 70.7 Å². The molecule has 2 aliphatic heterocycles. The molecule has 0 saturated heterocycles. The fourth-order valence-corrected chi connectivity index (χ4v) is 5.03. The molecule has 4 heterocycles. The van der Waals surface area contributed by atoms with E-state index in [4.69, 9.17) is 0 Å². The van der Waals surface area contributed by atoms with E-state index in [0.717, 1.165) is 41.9 Å². The molecule has 4 aromatic rings. The van der Waals surface area contributed by atoms with Crippen LogP contribution in [0.15, 0.2) is 97.5 Å². The zero-order chi connectivity index (χ0) is 22.2. The maximum Gasteiger partial charge on any atom is 0.123 e. The first-order valence-corrected chi connectivity index (χ1v) is 11.4. The van der Waals surface area contributed by atoms with E-state index in [9.17, 15) is 4.39 Å². The first-order chi connectivity index (χ1) is 16.3. The third-order valence-electron chi connectivity index (χ3n) is 6.68. The van der Waals surface area contributed by atoms with Gasteiger partial charge in [-0.3, -0.25) is 9.88 Å². The molecule has 4 heteroatoms. The van der Waals surface area contributed by atoms with Crippen LogP contribution in [0.25, 0.3) is 33.5 Å². The number of halogens is 1. The fourth-order valence-electron chi connectivity index (χ4n) is 5.03. The van der Waals surface area contributed by atoms with Gasteiger partial charge in [0.15, 0.2) is 0 Å². The Morgan fingerprint density at radius 1 is 0.818 bits per heavy atom. The molecule has 0 spiro atoms. The van der Waals surface area contributed by atoms with Gasteiger partial charge in [0.1, 0.15) is 5.82 Å². The molecule has 6 rings (SSSR count). The number of nitrogens with zero attached hydrogens (tertiary/aromatic N) is 2. The Balaban J connectivity index is 1.42. The SMILES string of the molecule is Fc1ccc(-c2[nH]cc(C3=CC4C=C(c5ccccc5)CN4CC3)c2-c2ccncc2)cc1. The van der Waals surface area contributed by atoms with Crippen LogP contribution in [0.4, 0.5) is 4.39 Å². The third kappa shape index (κ3) is 3.73. The standard InChI is InChI=1S/C29H24FN3/c30-25-8-6-22(7-9-25)29-28(21-10-13-31-14-11-21)27(18-32-29)23-12-15-33-19-24(17-26(33)16-23)20-4-2-1-3-5-20/h1-11,13-14,16-18,26,32H,12,15,19H2. The van der Waals surface area contributed by atoms with Crippen LogP contribution in [-0.4, -0.2) is 34.0 Å². The average molecular weight is 434 g/mol. The predicted octanol–water partition coefficient (Wildman–Crippen LogP) is 6.44. The van der Waals surface area contributed by atoms with Crippen molar-refractivity contribution in [3.8, 4) is 22.4 Å². The van der Waals surface area contributed by atoms with E-state index < -0.39 is 0 Å². The Hall–Kier alpha value is -3.76. The second-order valence-electron chi connectivity index (χ2n) is 8.66. The van der Waals surface area contributed by atoms with Crippen molar-refractivity contribution in [1.29, 1.82) is 0 Å². The van der Waals surface area contributed by atoms with Gasteiger partial charge in [0.25, 0.3) is 0 Å². The van der Waals surface area contributed by atoms with Gasteiger partial charge in [-0.1, -0.05) is 42.5 Å². The molecule has 2 aliphatic rings. The van der Waals surface area contributed by atoms with Gasteiger partial charge in [0.2, 0.25) is 0 Å². The van der Waals surface area contributed by atoms with Crippen LogP contribution in [0.5, 0.6) is 0 Å². The van der Waals surface area contributed by atoms with Crippen LogP contribution < -0.4 is 0 Å². The van der Waals surface area contributed by atoms with Crippen molar-refractivity contribution < 1.29 is 4.39 Å². The van der Waals surface area contributed by atoms with E-state index in [2.05, 4.69) is 63.5 Å². The number of aromatic amines is 1. The summed E-state index contributed by atoms with van der Waals surface area (Å²) in [6, 6.07) is 21.7. The van der Waals surface area contributed by atoms with Gasteiger partial charge in [0, 0.05) is 48.8 Å². The molecule has 0 aliphatic carbocycles. The maximum atomic E-state index is 13.6. The van der Waals surface area contributed by atoms with E-state index in [-0.39, 0.29) is 5.82 Å². The maximum absolute atomic E-state index is 13.6. The second-order valence-corrected chi connectivity index (χ2v) is 8.66. The molecule has 2 aromatic heterocycles. The number of rotatable bonds is 4. The minimum absolute atomic E-state index is 0.228. The molecule has 33 heavy (non-hydrogen) atoms. The monoisotopic (exact) mass is 433 g/mol. The second kappa shape index (κ2) is 8.30. The first kappa shape index (κ1) is 19.9. The summed E-state index contributed by atoms with van der Waals surface area (Å²) in [5.41, 5.74) is 9.49. The van der Waals surface area contributed by atoms with Crippen molar-refractivity contribution in [3.63, 3.8) is 0 Å². The highest BCUT2D eigenvalue weighted by Crippen LogP contribution is 2.41. The largest absolute Gasteiger partial charge is 0.360 e. The highest BCUT2D eigenvalue weighted by molar-refractivity contribution is 5.91. The summed E-state index contributed by atoms with van der Waals surface area (Å²) in [4.78, 5) is 10.2. The molecule has 1 N–H and O–H groups in total. The van der Waals surface area contributed by atoms with E-state index >= 15 is 0 Å². The van der Waals surface area contributed by atoms with Gasteiger partial charge in [-0.2, -0.15) is 0 Å². The van der Waals surface area contributed by atoms with Crippen molar-refractivity contribution in [2.75, 3.05) is 13.1 Å². The van der Waals surface area contributed by atoms with Crippen LogP contribution in [0, 0.1) is 5.82 Å². The lowest BCUT2D eigenvalue weighted by atomic mass is 9.91. The summed E-state index contributed by atoms with van der Waals surface area (Å²) in [5.74, 6) is -0.228. The van der Waals surface area contributed by atoms with Crippen LogP contribution >= 0.6 is 0 Å². The lowest BCUT2D eigenvalue weighted by molar-refractivity contribution is 0.306. The number of hydrogen-bond donors (Lipinski definition) is 1. The van der Waals surface area contributed by atoms with Crippen LogP contribution in [0.2, 0.25) is 0 Å². The number of pyridine rings is 1. The Labute approximate surface area is 192 Å². The number of aromatic nitrogens is 2. The predicted molar refractivity (Wildman–Crippen MR) is 132 cm³/mol. The summed E-state index contributed by atoms with van der Waals surface area (Å²) in [5, 5.41) is 0. The zero-order valence-corrected chi connectivity index (χ0v) is 18.2. The Kier molecular flexibility index (Phi) is 5.00. The van der Waals surface area contributed by atoms with Crippen molar-refractivity contribution in [2.45, 2.75) is 12.5 Å². The van der Waals surface area contributed by atoms with E-state index in [1.807, 2.05) is 36.7 Å². The molecular weight excluding hydrogens is 409 g/mol. The van der Waals surface area contributed by atoms with Crippen LogP contribution in [0.1, 0.15) is 17.5 Å². The molecule has 0 radical (unpaired) electrons. The number of nitrogens with one attached hydrogen (secondary N) is 1. The normalized spacial score (nSPS) is 18.0. The molecule has 0 saturated carbocycles. The van der Waals surface area contributed by atoms with E-state index in [1.54, 1.807) is 0 Å². The Morgan fingerprint density at radius 2 is 1.58 bits per heavy atom. The molecule has 0 fully saturated rings. The van der Waals surface area contributed by atoms with E-state index in [1.165, 1.54) is 34.4 Å². The van der Waals surface area contributed by atoms with Gasteiger partial charge in [-0.15, -0.1) is 0 Å². The summed E-state index contributed by atoms with van der Waals surface area (Å²) in [6.07, 6.45) is 11.5. The van der Waals surface area contributed by atoms with Crippen molar-refractivity contribution in [2.24, 2.45) is 0 Å². The summed E-state index contributed by atoms with van der Waals surface area (Å²) in [7, 11) is 0. The number of H-pyrrole nitrogens is 1. The number of benzene rings is 2. The fraction of sp³-hybridized carbons (Fsp3) is 0.138. The summed E-state index contributed by atoms with van der Waals surface area (Å²) in [6.45, 7) is 2.01. The lowest BCUT2D eigenvalue weighted by Gasteiger charge is -2.28. The van der Waals surface area contributed by atoms with E-state index in [0.29, 0.717) is 6.04 Å². The molecule has 1 atom stereocenters. The third-order valence-corrected chi connectivity index (χ3v) is 6.68. The Bertz CT molecular complexity index is 1330. The number of fused-ring (bicyclic) bond motifs is 1. The van der Waals surface area contributed by atoms with Crippen LogP contribution in [0.3, 0.4) is 0 Å². The molecule has 0 amide bonds. The lowest BCUT2D eigenvalue weighted by Crippen LogP contribution is -2.33. The van der Waals surface area contributed by atoms with Crippen molar-refractivity contribution in [1.82, 2.24) is 14.9 Å². The Morgan fingerprint density at radius 3 is 2.36 bits per heavy atom.